The number of alkyl carbamates (subject to hydrolysis) is 1. The Balaban J connectivity index is 2.52. The molecule has 19 heavy (non-hydrogen) atoms. The molecule has 0 saturated carbocycles. The van der Waals surface area contributed by atoms with Gasteiger partial charge >= 0.3 is 6.09 Å². The molecule has 0 heterocycles. The van der Waals surface area contributed by atoms with Crippen molar-refractivity contribution in [1.82, 2.24) is 5.32 Å². The van der Waals surface area contributed by atoms with Crippen molar-refractivity contribution in [3.8, 4) is 17.6 Å². The first-order chi connectivity index (χ1) is 8.78. The highest BCUT2D eigenvalue weighted by Gasteiger charge is 2.14. The molecule has 0 aliphatic carbocycles. The lowest BCUT2D eigenvalue weighted by molar-refractivity contribution is 0.0535. The summed E-state index contributed by atoms with van der Waals surface area (Å²) < 4.78 is 5.05. The molecule has 0 fully saturated rings. The number of phenolic OH excluding ortho intramolecular Hbond substituents is 1. The predicted molar refractivity (Wildman–Crippen MR) is 73.6 cm³/mol. The van der Waals surface area contributed by atoms with E-state index in [2.05, 4.69) is 17.2 Å². The third-order valence-corrected chi connectivity index (χ3v) is 1.96. The number of nitrogen functional groups attached to an aromatic ring is 1. The first-order valence-corrected chi connectivity index (χ1v) is 5.82. The maximum absolute atomic E-state index is 11.3. The lowest BCUT2D eigenvalue weighted by atomic mass is 10.2. The molecule has 1 amide bonds. The van der Waals surface area contributed by atoms with Crippen LogP contribution >= 0.6 is 0 Å². The van der Waals surface area contributed by atoms with Crippen molar-refractivity contribution in [2.75, 3.05) is 12.3 Å². The van der Waals surface area contributed by atoms with Gasteiger partial charge in [-0.3, -0.25) is 0 Å². The summed E-state index contributed by atoms with van der Waals surface area (Å²) in [6.07, 6.45) is -0.529. The van der Waals surface area contributed by atoms with Crippen molar-refractivity contribution in [1.29, 1.82) is 0 Å². The van der Waals surface area contributed by atoms with Gasteiger partial charge in [0.1, 0.15) is 11.4 Å². The van der Waals surface area contributed by atoms with Crippen LogP contribution in [0.3, 0.4) is 0 Å². The Hall–Kier alpha value is -2.35. The minimum Gasteiger partial charge on any atom is -0.507 e. The minimum atomic E-state index is -0.538. The van der Waals surface area contributed by atoms with Gasteiger partial charge in [0.05, 0.1) is 12.1 Å². The van der Waals surface area contributed by atoms with Crippen LogP contribution in [0.4, 0.5) is 10.5 Å². The van der Waals surface area contributed by atoms with E-state index < -0.39 is 11.7 Å². The van der Waals surface area contributed by atoms with Crippen LogP contribution in [0.5, 0.6) is 5.75 Å². The topological polar surface area (TPSA) is 84.6 Å². The molecule has 1 aromatic rings. The average Bonchev–Trinajstić information content (AvgIpc) is 2.26. The third-order valence-electron chi connectivity index (χ3n) is 1.96. The molecule has 0 spiro atoms. The highest BCUT2D eigenvalue weighted by molar-refractivity contribution is 5.68. The summed E-state index contributed by atoms with van der Waals surface area (Å²) in [6.45, 7) is 5.47. The lowest BCUT2D eigenvalue weighted by Crippen LogP contribution is -2.32. The van der Waals surface area contributed by atoms with Crippen LogP contribution < -0.4 is 11.1 Å². The maximum atomic E-state index is 11.3. The van der Waals surface area contributed by atoms with Gasteiger partial charge in [-0.2, -0.15) is 0 Å². The van der Waals surface area contributed by atoms with E-state index in [-0.39, 0.29) is 12.3 Å². The largest absolute Gasteiger partial charge is 0.507 e. The zero-order valence-corrected chi connectivity index (χ0v) is 11.3. The van der Waals surface area contributed by atoms with Crippen LogP contribution in [0, 0.1) is 11.8 Å². The van der Waals surface area contributed by atoms with Gasteiger partial charge in [0.15, 0.2) is 0 Å². The Morgan fingerprint density at radius 2 is 2.16 bits per heavy atom. The summed E-state index contributed by atoms with van der Waals surface area (Å²) in [5.41, 5.74) is 5.98. The second-order valence-electron chi connectivity index (χ2n) is 4.93. The van der Waals surface area contributed by atoms with E-state index in [4.69, 9.17) is 10.5 Å². The van der Waals surface area contributed by atoms with Crippen LogP contribution in [0.1, 0.15) is 26.3 Å². The number of aromatic hydroxyl groups is 1. The van der Waals surface area contributed by atoms with Gasteiger partial charge in [-0.15, -0.1) is 0 Å². The summed E-state index contributed by atoms with van der Waals surface area (Å²) in [5.74, 6) is 5.49. The van der Waals surface area contributed by atoms with E-state index in [1.165, 1.54) is 6.07 Å². The fourth-order valence-corrected chi connectivity index (χ4v) is 1.22. The number of amides is 1. The highest BCUT2D eigenvalue weighted by atomic mass is 16.6. The summed E-state index contributed by atoms with van der Waals surface area (Å²) in [4.78, 5) is 11.3. The highest BCUT2D eigenvalue weighted by Crippen LogP contribution is 2.18. The molecule has 0 unspecified atom stereocenters. The SMILES string of the molecule is CC(C)(C)OC(=O)NCC#Cc1cc(N)ccc1O. The summed E-state index contributed by atoms with van der Waals surface area (Å²) in [7, 11) is 0. The fraction of sp³-hybridized carbons (Fsp3) is 0.357. The molecule has 0 aliphatic rings. The molecule has 0 atom stereocenters. The van der Waals surface area contributed by atoms with Gasteiger partial charge in [-0.1, -0.05) is 11.8 Å². The molecular weight excluding hydrogens is 244 g/mol. The molecule has 5 heteroatoms. The number of carbonyl (C=O) groups excluding carboxylic acids is 1. The van der Waals surface area contributed by atoms with Gasteiger partial charge in [0.25, 0.3) is 0 Å². The molecule has 0 aromatic heterocycles. The zero-order chi connectivity index (χ0) is 14.5. The van der Waals surface area contributed by atoms with Gasteiger partial charge in [-0.25, -0.2) is 4.79 Å². The monoisotopic (exact) mass is 262 g/mol. The normalized spacial score (nSPS) is 10.3. The number of carbonyl (C=O) groups is 1. The van der Waals surface area contributed by atoms with Crippen LogP contribution in [0.25, 0.3) is 0 Å². The van der Waals surface area contributed by atoms with Gasteiger partial charge in [-0.05, 0) is 39.0 Å². The number of nitrogens with two attached hydrogens (primary N) is 1. The molecular formula is C14H18N2O3. The van der Waals surface area contributed by atoms with Gasteiger partial charge in [0.2, 0.25) is 0 Å². The van der Waals surface area contributed by atoms with Crippen molar-refractivity contribution in [3.63, 3.8) is 0 Å². The molecule has 0 aliphatic heterocycles. The number of phenols is 1. The van der Waals surface area contributed by atoms with Crippen molar-refractivity contribution in [2.45, 2.75) is 26.4 Å². The molecule has 4 N–H and O–H groups in total. The number of hydrogen-bond acceptors (Lipinski definition) is 4. The molecule has 0 bridgehead atoms. The number of benzene rings is 1. The zero-order valence-electron chi connectivity index (χ0n) is 11.3. The molecule has 1 rings (SSSR count). The van der Waals surface area contributed by atoms with E-state index >= 15 is 0 Å². The predicted octanol–water partition coefficient (Wildman–Crippen LogP) is 1.85. The first-order valence-electron chi connectivity index (χ1n) is 5.82. The minimum absolute atomic E-state index is 0.0546. The number of nitrogens with one attached hydrogen (secondary N) is 1. The smallest absolute Gasteiger partial charge is 0.408 e. The summed E-state index contributed by atoms with van der Waals surface area (Å²) >= 11 is 0. The van der Waals surface area contributed by atoms with Gasteiger partial charge < -0.3 is 20.9 Å². The molecule has 1 aromatic carbocycles. The van der Waals surface area contributed by atoms with E-state index in [1.54, 1.807) is 32.9 Å². The van der Waals surface area contributed by atoms with Crippen molar-refractivity contribution < 1.29 is 14.6 Å². The maximum Gasteiger partial charge on any atom is 0.408 e. The Kier molecular flexibility index (Phi) is 4.65. The quantitative estimate of drug-likeness (QED) is 0.409. The number of ether oxygens (including phenoxy) is 1. The van der Waals surface area contributed by atoms with Crippen LogP contribution in [0.2, 0.25) is 0 Å². The standard InChI is InChI=1S/C14H18N2O3/c1-14(2,3)19-13(18)16-8-4-5-10-9-11(15)6-7-12(10)17/h6-7,9,17H,8,15H2,1-3H3,(H,16,18). The third kappa shape index (κ3) is 5.68. The fourth-order valence-electron chi connectivity index (χ4n) is 1.22. The summed E-state index contributed by atoms with van der Waals surface area (Å²) in [5, 5.41) is 12.0. The second-order valence-corrected chi connectivity index (χ2v) is 4.93. The molecule has 0 radical (unpaired) electrons. The number of rotatable bonds is 1. The summed E-state index contributed by atoms with van der Waals surface area (Å²) in [6, 6.07) is 4.62. The van der Waals surface area contributed by atoms with Gasteiger partial charge in [0, 0.05) is 5.69 Å². The Labute approximate surface area is 112 Å². The Morgan fingerprint density at radius 3 is 2.79 bits per heavy atom. The second kappa shape index (κ2) is 6.01. The molecule has 102 valence electrons. The number of anilines is 1. The number of hydrogen-bond donors (Lipinski definition) is 3. The van der Waals surface area contributed by atoms with Crippen LogP contribution in [-0.2, 0) is 4.74 Å². The molecule has 5 nitrogen and oxygen atoms in total. The first kappa shape index (κ1) is 14.7. The molecule has 0 saturated heterocycles. The van der Waals surface area contributed by atoms with Crippen molar-refractivity contribution in [3.05, 3.63) is 23.8 Å². The average molecular weight is 262 g/mol. The van der Waals surface area contributed by atoms with Crippen LogP contribution in [-0.4, -0.2) is 23.3 Å². The van der Waals surface area contributed by atoms with Crippen molar-refractivity contribution in [2.24, 2.45) is 0 Å². The van der Waals surface area contributed by atoms with Crippen molar-refractivity contribution >= 4 is 11.8 Å². The Morgan fingerprint density at radius 1 is 1.47 bits per heavy atom. The van der Waals surface area contributed by atoms with E-state index in [0.717, 1.165) is 0 Å². The van der Waals surface area contributed by atoms with E-state index in [0.29, 0.717) is 11.3 Å². The van der Waals surface area contributed by atoms with E-state index in [1.807, 2.05) is 0 Å². The van der Waals surface area contributed by atoms with Crippen LogP contribution in [0.15, 0.2) is 18.2 Å². The Bertz CT molecular complexity index is 522. The lowest BCUT2D eigenvalue weighted by Gasteiger charge is -2.19. The van der Waals surface area contributed by atoms with E-state index in [9.17, 15) is 9.90 Å².